The second-order valence-corrected chi connectivity index (χ2v) is 8.86. The zero-order valence-corrected chi connectivity index (χ0v) is 17.3. The summed E-state index contributed by atoms with van der Waals surface area (Å²) in [6, 6.07) is 22.6. The van der Waals surface area contributed by atoms with Crippen LogP contribution in [-0.4, -0.2) is 27.0 Å². The van der Waals surface area contributed by atoms with Crippen LogP contribution in [0.4, 0.5) is 11.4 Å². The van der Waals surface area contributed by atoms with E-state index >= 15 is 0 Å². The van der Waals surface area contributed by atoms with Crippen LogP contribution in [0.1, 0.15) is 12.5 Å². The normalized spacial score (nSPS) is 15.5. The molecule has 1 amide bonds. The first-order valence-corrected chi connectivity index (χ1v) is 11.1. The van der Waals surface area contributed by atoms with Gasteiger partial charge in [-0.2, -0.15) is 0 Å². The highest BCUT2D eigenvalue weighted by molar-refractivity contribution is 7.92. The molecule has 0 saturated heterocycles. The van der Waals surface area contributed by atoms with E-state index in [0.717, 1.165) is 17.7 Å². The van der Waals surface area contributed by atoms with Crippen LogP contribution in [0.3, 0.4) is 0 Å². The molecular formula is C23H22N2O4S. The highest BCUT2D eigenvalue weighted by Crippen LogP contribution is 2.31. The smallest absolute Gasteiger partial charge is 0.265 e. The van der Waals surface area contributed by atoms with E-state index in [1.807, 2.05) is 37.3 Å². The average Bonchev–Trinajstić information content (AvgIpc) is 3.08. The van der Waals surface area contributed by atoms with E-state index < -0.39 is 10.0 Å². The van der Waals surface area contributed by atoms with Gasteiger partial charge < -0.3 is 9.64 Å². The van der Waals surface area contributed by atoms with Crippen LogP contribution in [-0.2, 0) is 21.2 Å². The maximum absolute atomic E-state index is 12.7. The Balaban J connectivity index is 1.40. The van der Waals surface area contributed by atoms with Gasteiger partial charge >= 0.3 is 0 Å². The van der Waals surface area contributed by atoms with Crippen molar-refractivity contribution < 1.29 is 17.9 Å². The highest BCUT2D eigenvalue weighted by Gasteiger charge is 2.30. The molecule has 4 rings (SSSR count). The lowest BCUT2D eigenvalue weighted by molar-refractivity contribution is -0.120. The van der Waals surface area contributed by atoms with Gasteiger partial charge in [0, 0.05) is 17.4 Å². The number of carbonyl (C=O) groups excluding carboxylic acids is 1. The Morgan fingerprint density at radius 1 is 1.00 bits per heavy atom. The molecule has 0 spiro atoms. The molecule has 0 radical (unpaired) electrons. The predicted molar refractivity (Wildman–Crippen MR) is 116 cm³/mol. The fourth-order valence-corrected chi connectivity index (χ4v) is 4.65. The van der Waals surface area contributed by atoms with Crippen LogP contribution < -0.4 is 14.4 Å². The van der Waals surface area contributed by atoms with E-state index in [1.54, 1.807) is 41.3 Å². The number of para-hydroxylation sites is 2. The van der Waals surface area contributed by atoms with Gasteiger partial charge in [0.2, 0.25) is 0 Å². The summed E-state index contributed by atoms with van der Waals surface area (Å²) < 4.78 is 33.1. The first-order chi connectivity index (χ1) is 14.4. The zero-order valence-electron chi connectivity index (χ0n) is 16.5. The Bertz CT molecular complexity index is 1150. The lowest BCUT2D eigenvalue weighted by atomic mass is 10.1. The molecule has 30 heavy (non-hydrogen) atoms. The number of rotatable bonds is 6. The van der Waals surface area contributed by atoms with Crippen LogP contribution >= 0.6 is 0 Å². The summed E-state index contributed by atoms with van der Waals surface area (Å²) in [4.78, 5) is 14.6. The summed E-state index contributed by atoms with van der Waals surface area (Å²) in [5.41, 5.74) is 2.56. The third-order valence-corrected chi connectivity index (χ3v) is 6.40. The molecule has 1 heterocycles. The zero-order chi connectivity index (χ0) is 21.1. The van der Waals surface area contributed by atoms with Gasteiger partial charge in [-0.15, -0.1) is 0 Å². The molecule has 3 aromatic carbocycles. The number of anilines is 2. The number of amides is 1. The molecule has 7 heteroatoms. The van der Waals surface area contributed by atoms with Gasteiger partial charge in [0.05, 0.1) is 4.90 Å². The fraction of sp³-hybridized carbons (Fsp3) is 0.174. The van der Waals surface area contributed by atoms with Gasteiger partial charge in [0.1, 0.15) is 5.75 Å². The highest BCUT2D eigenvalue weighted by atomic mass is 32.2. The Morgan fingerprint density at radius 3 is 2.40 bits per heavy atom. The third kappa shape index (κ3) is 4.16. The predicted octanol–water partition coefficient (Wildman–Crippen LogP) is 3.84. The summed E-state index contributed by atoms with van der Waals surface area (Å²) in [5, 5.41) is 0. The standard InChI is InChI=1S/C23H22N2O4S/c1-17-15-18-7-5-6-10-22(18)25(17)23(26)16-29-20-11-13-21(14-12-20)30(27,28)24-19-8-3-2-4-9-19/h2-14,17,24H,15-16H2,1H3/t17-/m1/s1. The molecule has 1 aliphatic rings. The van der Waals surface area contributed by atoms with Crippen molar-refractivity contribution in [1.82, 2.24) is 0 Å². The van der Waals surface area contributed by atoms with Crippen molar-refractivity contribution in [2.45, 2.75) is 24.3 Å². The summed E-state index contributed by atoms with van der Waals surface area (Å²) in [5.74, 6) is 0.303. The van der Waals surface area contributed by atoms with Gasteiger partial charge in [0.25, 0.3) is 15.9 Å². The number of ether oxygens (including phenoxy) is 1. The van der Waals surface area contributed by atoms with E-state index in [2.05, 4.69) is 4.72 Å². The maximum Gasteiger partial charge on any atom is 0.265 e. The Labute approximate surface area is 176 Å². The molecule has 0 saturated carbocycles. The van der Waals surface area contributed by atoms with Gasteiger partial charge in [-0.1, -0.05) is 36.4 Å². The number of sulfonamides is 1. The van der Waals surface area contributed by atoms with Crippen molar-refractivity contribution in [1.29, 1.82) is 0 Å². The first-order valence-electron chi connectivity index (χ1n) is 9.65. The average molecular weight is 423 g/mol. The van der Waals surface area contributed by atoms with E-state index in [-0.39, 0.29) is 23.5 Å². The van der Waals surface area contributed by atoms with Crippen molar-refractivity contribution >= 4 is 27.3 Å². The first kappa shape index (κ1) is 20.0. The van der Waals surface area contributed by atoms with Crippen LogP contribution in [0.15, 0.2) is 83.8 Å². The summed E-state index contributed by atoms with van der Waals surface area (Å²) in [6.45, 7) is 1.89. The molecule has 0 aromatic heterocycles. The molecule has 6 nitrogen and oxygen atoms in total. The fourth-order valence-electron chi connectivity index (χ4n) is 3.60. The lowest BCUT2D eigenvalue weighted by Gasteiger charge is -2.22. The molecule has 154 valence electrons. The minimum Gasteiger partial charge on any atom is -0.484 e. The van der Waals surface area contributed by atoms with Crippen molar-refractivity contribution in [2.75, 3.05) is 16.2 Å². The maximum atomic E-state index is 12.7. The molecule has 0 aliphatic carbocycles. The quantitative estimate of drug-likeness (QED) is 0.655. The Hall–Kier alpha value is -3.32. The molecule has 1 aliphatic heterocycles. The van der Waals surface area contributed by atoms with Crippen molar-refractivity contribution in [3.63, 3.8) is 0 Å². The monoisotopic (exact) mass is 422 g/mol. The number of nitrogens with one attached hydrogen (secondary N) is 1. The van der Waals surface area contributed by atoms with Crippen LogP contribution in [0, 0.1) is 0 Å². The SMILES string of the molecule is C[C@@H]1Cc2ccccc2N1C(=O)COc1ccc(S(=O)(=O)Nc2ccccc2)cc1. The molecule has 1 atom stereocenters. The largest absolute Gasteiger partial charge is 0.484 e. The Kier molecular flexibility index (Phi) is 5.46. The number of benzene rings is 3. The van der Waals surface area contributed by atoms with E-state index in [1.165, 1.54) is 12.1 Å². The third-order valence-electron chi connectivity index (χ3n) is 5.00. The molecule has 3 aromatic rings. The molecule has 0 bridgehead atoms. The number of carbonyl (C=O) groups is 1. The summed E-state index contributed by atoms with van der Waals surface area (Å²) >= 11 is 0. The second-order valence-electron chi connectivity index (χ2n) is 7.18. The molecule has 1 N–H and O–H groups in total. The summed E-state index contributed by atoms with van der Waals surface area (Å²) in [6.07, 6.45) is 0.822. The summed E-state index contributed by atoms with van der Waals surface area (Å²) in [7, 11) is -3.70. The van der Waals surface area contributed by atoms with Gasteiger partial charge in [-0.3, -0.25) is 9.52 Å². The minimum absolute atomic E-state index is 0.0788. The molecular weight excluding hydrogens is 400 g/mol. The van der Waals surface area contributed by atoms with Crippen molar-refractivity contribution in [3.8, 4) is 5.75 Å². The topological polar surface area (TPSA) is 75.7 Å². The van der Waals surface area contributed by atoms with Crippen LogP contribution in [0.2, 0.25) is 0 Å². The number of nitrogens with zero attached hydrogens (tertiary/aromatic N) is 1. The van der Waals surface area contributed by atoms with Gasteiger partial charge in [0.15, 0.2) is 6.61 Å². The van der Waals surface area contributed by atoms with Crippen LogP contribution in [0.25, 0.3) is 0 Å². The molecule has 0 unspecified atom stereocenters. The van der Waals surface area contributed by atoms with Crippen molar-refractivity contribution in [3.05, 3.63) is 84.4 Å². The van der Waals surface area contributed by atoms with Crippen LogP contribution in [0.5, 0.6) is 5.75 Å². The van der Waals surface area contributed by atoms with Crippen molar-refractivity contribution in [2.24, 2.45) is 0 Å². The van der Waals surface area contributed by atoms with Gasteiger partial charge in [-0.25, -0.2) is 8.42 Å². The van der Waals surface area contributed by atoms with E-state index in [9.17, 15) is 13.2 Å². The number of hydrogen-bond donors (Lipinski definition) is 1. The van der Waals surface area contributed by atoms with E-state index in [4.69, 9.17) is 4.74 Å². The Morgan fingerprint density at radius 2 is 1.67 bits per heavy atom. The number of hydrogen-bond acceptors (Lipinski definition) is 4. The lowest BCUT2D eigenvalue weighted by Crippen LogP contribution is -2.39. The minimum atomic E-state index is -3.70. The molecule has 0 fully saturated rings. The second kappa shape index (κ2) is 8.20. The number of fused-ring (bicyclic) bond motifs is 1. The van der Waals surface area contributed by atoms with E-state index in [0.29, 0.717) is 11.4 Å². The van der Waals surface area contributed by atoms with Gasteiger partial charge in [-0.05, 0) is 61.4 Å².